The van der Waals surface area contributed by atoms with E-state index in [0.29, 0.717) is 5.54 Å². The highest BCUT2D eigenvalue weighted by Gasteiger charge is 2.31. The summed E-state index contributed by atoms with van der Waals surface area (Å²) in [5.74, 6) is 0. The van der Waals surface area contributed by atoms with Crippen LogP contribution in [0.3, 0.4) is 0 Å². The summed E-state index contributed by atoms with van der Waals surface area (Å²) >= 11 is 0. The van der Waals surface area contributed by atoms with Crippen molar-refractivity contribution in [2.24, 2.45) is 0 Å². The molecular formula is C14H31N3. The van der Waals surface area contributed by atoms with E-state index >= 15 is 0 Å². The van der Waals surface area contributed by atoms with Crippen molar-refractivity contribution in [3.63, 3.8) is 0 Å². The Balaban J connectivity index is 2.25. The van der Waals surface area contributed by atoms with Gasteiger partial charge in [-0.15, -0.1) is 0 Å². The molecule has 1 aliphatic rings. The van der Waals surface area contributed by atoms with Crippen LogP contribution in [0.25, 0.3) is 0 Å². The average Bonchev–Trinajstić information content (AvgIpc) is 2.34. The highest BCUT2D eigenvalue weighted by molar-refractivity contribution is 4.92. The Morgan fingerprint density at radius 1 is 1.18 bits per heavy atom. The molecule has 17 heavy (non-hydrogen) atoms. The Morgan fingerprint density at radius 2 is 1.88 bits per heavy atom. The highest BCUT2D eigenvalue weighted by atomic mass is 15.2. The molecule has 0 aromatic rings. The molecule has 1 saturated heterocycles. The summed E-state index contributed by atoms with van der Waals surface area (Å²) < 4.78 is 0. The first-order valence-corrected chi connectivity index (χ1v) is 7.24. The van der Waals surface area contributed by atoms with E-state index in [0.717, 1.165) is 6.54 Å². The van der Waals surface area contributed by atoms with Gasteiger partial charge in [-0.25, -0.2) is 0 Å². The zero-order valence-electron chi connectivity index (χ0n) is 12.3. The summed E-state index contributed by atoms with van der Waals surface area (Å²) in [6, 6.07) is 0. The summed E-state index contributed by atoms with van der Waals surface area (Å²) in [6.07, 6.45) is 5.15. The quantitative estimate of drug-likeness (QED) is 0.686. The van der Waals surface area contributed by atoms with E-state index in [9.17, 15) is 0 Å². The molecule has 0 aromatic heterocycles. The SMILES string of the molecule is CCC1(CC)CN(CCCCN(C)C)CCN1. The number of nitrogens with one attached hydrogen (secondary N) is 1. The smallest absolute Gasteiger partial charge is 0.0304 e. The summed E-state index contributed by atoms with van der Waals surface area (Å²) in [6.45, 7) is 10.7. The van der Waals surface area contributed by atoms with E-state index in [-0.39, 0.29) is 0 Å². The van der Waals surface area contributed by atoms with Crippen LogP contribution in [-0.2, 0) is 0 Å². The summed E-state index contributed by atoms with van der Waals surface area (Å²) in [7, 11) is 4.31. The molecule has 102 valence electrons. The minimum absolute atomic E-state index is 0.389. The molecule has 1 aliphatic heterocycles. The van der Waals surface area contributed by atoms with Crippen LogP contribution in [-0.4, -0.2) is 62.2 Å². The fraction of sp³-hybridized carbons (Fsp3) is 1.00. The number of hydrogen-bond acceptors (Lipinski definition) is 3. The topological polar surface area (TPSA) is 18.5 Å². The fourth-order valence-electron chi connectivity index (χ4n) is 2.72. The summed E-state index contributed by atoms with van der Waals surface area (Å²) in [5.41, 5.74) is 0.389. The van der Waals surface area contributed by atoms with Gasteiger partial charge < -0.3 is 15.1 Å². The van der Waals surface area contributed by atoms with Gasteiger partial charge in [0.1, 0.15) is 0 Å². The lowest BCUT2D eigenvalue weighted by molar-refractivity contribution is 0.121. The van der Waals surface area contributed by atoms with E-state index in [4.69, 9.17) is 0 Å². The molecule has 0 aromatic carbocycles. The van der Waals surface area contributed by atoms with Crippen LogP contribution in [0.15, 0.2) is 0 Å². The molecule has 3 nitrogen and oxygen atoms in total. The van der Waals surface area contributed by atoms with Crippen molar-refractivity contribution in [2.75, 3.05) is 46.8 Å². The minimum Gasteiger partial charge on any atom is -0.309 e. The zero-order chi connectivity index (χ0) is 12.7. The van der Waals surface area contributed by atoms with Crippen LogP contribution in [0.5, 0.6) is 0 Å². The second-order valence-corrected chi connectivity index (χ2v) is 5.70. The maximum Gasteiger partial charge on any atom is 0.0304 e. The average molecular weight is 241 g/mol. The van der Waals surface area contributed by atoms with E-state index in [1.54, 1.807) is 0 Å². The molecule has 0 radical (unpaired) electrons. The largest absolute Gasteiger partial charge is 0.309 e. The first-order valence-electron chi connectivity index (χ1n) is 7.24. The third-order valence-corrected chi connectivity index (χ3v) is 4.14. The number of unbranched alkanes of at least 4 members (excludes halogenated alkanes) is 1. The molecule has 1 heterocycles. The zero-order valence-corrected chi connectivity index (χ0v) is 12.3. The van der Waals surface area contributed by atoms with Gasteiger partial charge in [0, 0.05) is 25.2 Å². The van der Waals surface area contributed by atoms with Gasteiger partial charge in [-0.05, 0) is 52.9 Å². The molecule has 1 rings (SSSR count). The molecule has 0 spiro atoms. The van der Waals surface area contributed by atoms with Crippen LogP contribution in [0.4, 0.5) is 0 Å². The predicted molar refractivity (Wildman–Crippen MR) is 75.5 cm³/mol. The number of nitrogens with zero attached hydrogens (tertiary/aromatic N) is 2. The van der Waals surface area contributed by atoms with E-state index in [2.05, 4.69) is 43.1 Å². The van der Waals surface area contributed by atoms with Crippen LogP contribution in [0.1, 0.15) is 39.5 Å². The van der Waals surface area contributed by atoms with E-state index < -0.39 is 0 Å². The molecule has 1 fully saturated rings. The van der Waals surface area contributed by atoms with Gasteiger partial charge in [-0.1, -0.05) is 13.8 Å². The predicted octanol–water partition coefficient (Wildman–Crippen LogP) is 1.79. The Labute approximate surface area is 108 Å². The third-order valence-electron chi connectivity index (χ3n) is 4.14. The van der Waals surface area contributed by atoms with Gasteiger partial charge in [-0.2, -0.15) is 0 Å². The molecule has 0 unspecified atom stereocenters. The Bertz CT molecular complexity index is 200. The highest BCUT2D eigenvalue weighted by Crippen LogP contribution is 2.20. The van der Waals surface area contributed by atoms with Crippen LogP contribution in [0, 0.1) is 0 Å². The summed E-state index contributed by atoms with van der Waals surface area (Å²) in [5, 5.41) is 3.72. The van der Waals surface area contributed by atoms with Crippen molar-refractivity contribution in [1.82, 2.24) is 15.1 Å². The molecule has 1 N–H and O–H groups in total. The van der Waals surface area contributed by atoms with Gasteiger partial charge in [0.15, 0.2) is 0 Å². The normalized spacial score (nSPS) is 21.0. The second-order valence-electron chi connectivity index (χ2n) is 5.70. The third kappa shape index (κ3) is 4.94. The standard InChI is InChI=1S/C14H31N3/c1-5-14(6-2)13-17(12-9-15-14)11-8-7-10-16(3)4/h15H,5-13H2,1-4H3. The van der Waals surface area contributed by atoms with Gasteiger partial charge in [-0.3, -0.25) is 0 Å². The maximum atomic E-state index is 3.72. The van der Waals surface area contributed by atoms with Crippen molar-refractivity contribution >= 4 is 0 Å². The molecular weight excluding hydrogens is 210 g/mol. The van der Waals surface area contributed by atoms with Crippen LogP contribution >= 0.6 is 0 Å². The Hall–Kier alpha value is -0.120. The van der Waals surface area contributed by atoms with E-state index in [1.165, 1.54) is 51.9 Å². The molecule has 0 saturated carbocycles. The van der Waals surface area contributed by atoms with Crippen molar-refractivity contribution in [2.45, 2.75) is 45.1 Å². The van der Waals surface area contributed by atoms with Crippen molar-refractivity contribution in [3.05, 3.63) is 0 Å². The monoisotopic (exact) mass is 241 g/mol. The van der Waals surface area contributed by atoms with Gasteiger partial charge >= 0.3 is 0 Å². The lowest BCUT2D eigenvalue weighted by Gasteiger charge is -2.43. The van der Waals surface area contributed by atoms with Crippen LogP contribution in [0.2, 0.25) is 0 Å². The molecule has 0 amide bonds. The fourth-order valence-corrected chi connectivity index (χ4v) is 2.72. The number of rotatable bonds is 7. The lowest BCUT2D eigenvalue weighted by atomic mass is 9.90. The van der Waals surface area contributed by atoms with Crippen molar-refractivity contribution < 1.29 is 0 Å². The Morgan fingerprint density at radius 3 is 2.47 bits per heavy atom. The van der Waals surface area contributed by atoms with Crippen LogP contribution < -0.4 is 5.32 Å². The van der Waals surface area contributed by atoms with E-state index in [1.807, 2.05) is 0 Å². The number of piperazine rings is 1. The first-order chi connectivity index (χ1) is 8.12. The molecule has 3 heteroatoms. The van der Waals surface area contributed by atoms with Crippen molar-refractivity contribution in [3.8, 4) is 0 Å². The van der Waals surface area contributed by atoms with Gasteiger partial charge in [0.25, 0.3) is 0 Å². The van der Waals surface area contributed by atoms with Crippen molar-refractivity contribution in [1.29, 1.82) is 0 Å². The second kappa shape index (κ2) is 7.34. The summed E-state index contributed by atoms with van der Waals surface area (Å²) in [4.78, 5) is 4.93. The first kappa shape index (κ1) is 14.9. The lowest BCUT2D eigenvalue weighted by Crippen LogP contribution is -2.59. The number of hydrogen-bond donors (Lipinski definition) is 1. The molecule has 0 bridgehead atoms. The Kier molecular flexibility index (Phi) is 6.45. The van der Waals surface area contributed by atoms with Gasteiger partial charge in [0.2, 0.25) is 0 Å². The van der Waals surface area contributed by atoms with Gasteiger partial charge in [0.05, 0.1) is 0 Å². The minimum atomic E-state index is 0.389. The molecule has 0 aliphatic carbocycles. The maximum absolute atomic E-state index is 3.72. The molecule has 0 atom stereocenters.